The fraction of sp³-hybridized carbons (Fsp3) is 0.208. The number of aryl methyl sites for hydroxylation is 1. The largest absolute Gasteiger partial charge is 0.508 e. The maximum atomic E-state index is 10.3. The highest BCUT2D eigenvalue weighted by atomic mass is 35.5. The third-order valence-corrected chi connectivity index (χ3v) is 5.62. The summed E-state index contributed by atoms with van der Waals surface area (Å²) in [7, 11) is 3.29. The molecule has 1 aliphatic carbocycles. The fourth-order valence-electron chi connectivity index (χ4n) is 3.66. The van der Waals surface area contributed by atoms with Gasteiger partial charge in [0.05, 0.1) is 19.9 Å². The molecule has 1 aliphatic heterocycles. The van der Waals surface area contributed by atoms with Crippen LogP contribution >= 0.6 is 11.6 Å². The smallest absolute Gasteiger partial charge is 0.148 e. The Hall–Kier alpha value is -2.98. The summed E-state index contributed by atoms with van der Waals surface area (Å²) < 4.78 is 11.0. The van der Waals surface area contributed by atoms with Crippen molar-refractivity contribution in [1.29, 1.82) is 0 Å². The molecule has 0 aromatic heterocycles. The molecule has 0 unspecified atom stereocenters. The Bertz CT molecular complexity index is 1110. The van der Waals surface area contributed by atoms with Gasteiger partial charge in [0.15, 0.2) is 0 Å². The predicted octanol–water partition coefficient (Wildman–Crippen LogP) is 5.47. The highest BCUT2D eigenvalue weighted by Gasteiger charge is 2.26. The molecule has 2 aromatic carbocycles. The summed E-state index contributed by atoms with van der Waals surface area (Å²) in [4.78, 5) is 4.86. The summed E-state index contributed by atoms with van der Waals surface area (Å²) in [5.74, 6) is 1.79. The third-order valence-electron chi connectivity index (χ3n) is 5.26. The van der Waals surface area contributed by atoms with Crippen molar-refractivity contribution in [2.75, 3.05) is 14.2 Å². The Labute approximate surface area is 175 Å². The number of phenolic OH excluding ortho intramolecular Hbond substituents is 1. The van der Waals surface area contributed by atoms with Crippen LogP contribution in [0.5, 0.6) is 5.75 Å². The van der Waals surface area contributed by atoms with E-state index in [-0.39, 0.29) is 5.75 Å². The maximum absolute atomic E-state index is 10.3. The number of halogens is 1. The predicted molar refractivity (Wildman–Crippen MR) is 115 cm³/mol. The van der Waals surface area contributed by atoms with Crippen LogP contribution in [-0.4, -0.2) is 25.0 Å². The van der Waals surface area contributed by atoms with E-state index < -0.39 is 0 Å². The topological polar surface area (TPSA) is 51.0 Å². The summed E-state index contributed by atoms with van der Waals surface area (Å²) in [5.41, 5.74) is 6.49. The number of phenols is 1. The zero-order chi connectivity index (χ0) is 20.5. The number of benzene rings is 2. The SMILES string of the molecule is COC1=CC(OC)=C2N=C(c3cc(C)c(O)cc3Cc3ccccc3Cl)C=C2C1. The van der Waals surface area contributed by atoms with Crippen LogP contribution in [0.4, 0.5) is 0 Å². The molecule has 0 atom stereocenters. The van der Waals surface area contributed by atoms with Crippen LogP contribution in [0.1, 0.15) is 28.7 Å². The number of methoxy groups -OCH3 is 2. The first-order valence-electron chi connectivity index (χ1n) is 9.39. The van der Waals surface area contributed by atoms with E-state index in [0.29, 0.717) is 23.6 Å². The minimum absolute atomic E-state index is 0.264. The van der Waals surface area contributed by atoms with E-state index in [0.717, 1.165) is 45.0 Å². The third kappa shape index (κ3) is 3.68. The standard InChI is InChI=1S/C24H22ClNO3/c1-14-8-19(16(12-22(14)27)9-15-6-4-5-7-20(15)25)21-11-17-10-18(28-2)13-23(29-3)24(17)26-21/h4-8,11-13,27H,9-10H2,1-3H3. The first kappa shape index (κ1) is 19.3. The number of aliphatic imine (C=N–C) groups is 1. The lowest BCUT2D eigenvalue weighted by molar-refractivity contribution is 0.262. The van der Waals surface area contributed by atoms with Gasteiger partial charge in [-0.25, -0.2) is 4.99 Å². The van der Waals surface area contributed by atoms with Crippen molar-refractivity contribution >= 4 is 17.3 Å². The molecule has 148 valence electrons. The Morgan fingerprint density at radius 1 is 1.07 bits per heavy atom. The molecule has 2 aromatic rings. The van der Waals surface area contributed by atoms with Crippen LogP contribution in [0.25, 0.3) is 0 Å². The summed E-state index contributed by atoms with van der Waals surface area (Å²) in [6.07, 6.45) is 5.22. The van der Waals surface area contributed by atoms with Crippen molar-refractivity contribution < 1.29 is 14.6 Å². The summed E-state index contributed by atoms with van der Waals surface area (Å²) in [6, 6.07) is 11.5. The molecule has 1 heterocycles. The van der Waals surface area contributed by atoms with Crippen molar-refractivity contribution in [2.24, 2.45) is 4.99 Å². The van der Waals surface area contributed by atoms with E-state index in [2.05, 4.69) is 6.08 Å². The van der Waals surface area contributed by atoms with Crippen molar-refractivity contribution in [3.63, 3.8) is 0 Å². The van der Waals surface area contributed by atoms with Gasteiger partial charge in [-0.3, -0.25) is 0 Å². The quantitative estimate of drug-likeness (QED) is 0.715. The van der Waals surface area contributed by atoms with Gasteiger partial charge in [-0.1, -0.05) is 29.8 Å². The second-order valence-corrected chi connectivity index (χ2v) is 7.55. The number of rotatable bonds is 5. The molecule has 0 fully saturated rings. The van der Waals surface area contributed by atoms with Crippen LogP contribution in [0.3, 0.4) is 0 Å². The number of allylic oxidation sites excluding steroid dienone is 4. The lowest BCUT2D eigenvalue weighted by Gasteiger charge is -2.16. The average molecular weight is 408 g/mol. The van der Waals surface area contributed by atoms with Gasteiger partial charge in [0.25, 0.3) is 0 Å². The number of hydrogen-bond acceptors (Lipinski definition) is 4. The molecule has 5 heteroatoms. The molecule has 0 saturated carbocycles. The summed E-state index contributed by atoms with van der Waals surface area (Å²) >= 11 is 6.38. The van der Waals surface area contributed by atoms with Gasteiger partial charge < -0.3 is 14.6 Å². The molecule has 4 nitrogen and oxygen atoms in total. The highest BCUT2D eigenvalue weighted by Crippen LogP contribution is 2.37. The first-order valence-corrected chi connectivity index (χ1v) is 9.76. The molecule has 0 saturated heterocycles. The van der Waals surface area contributed by atoms with Crippen LogP contribution in [0.2, 0.25) is 5.02 Å². The molecular formula is C24H22ClNO3. The van der Waals surface area contributed by atoms with E-state index in [1.807, 2.05) is 43.3 Å². The monoisotopic (exact) mass is 407 g/mol. The number of hydrogen-bond donors (Lipinski definition) is 1. The maximum Gasteiger partial charge on any atom is 0.148 e. The van der Waals surface area contributed by atoms with Crippen molar-refractivity contribution in [3.05, 3.63) is 98.6 Å². The molecule has 4 rings (SSSR count). The van der Waals surface area contributed by atoms with Gasteiger partial charge in [0, 0.05) is 23.1 Å². The lowest BCUT2D eigenvalue weighted by atomic mass is 9.93. The van der Waals surface area contributed by atoms with Crippen molar-refractivity contribution in [3.8, 4) is 5.75 Å². The average Bonchev–Trinajstić information content (AvgIpc) is 3.15. The van der Waals surface area contributed by atoms with Gasteiger partial charge in [0.1, 0.15) is 23.0 Å². The van der Waals surface area contributed by atoms with Crippen molar-refractivity contribution in [2.45, 2.75) is 19.8 Å². The van der Waals surface area contributed by atoms with Crippen LogP contribution in [0.15, 0.2) is 76.3 Å². The minimum atomic E-state index is 0.264. The number of aromatic hydroxyl groups is 1. The zero-order valence-corrected chi connectivity index (χ0v) is 17.4. The van der Waals surface area contributed by atoms with E-state index in [1.165, 1.54) is 0 Å². The molecular weight excluding hydrogens is 386 g/mol. The first-order chi connectivity index (χ1) is 14.0. The van der Waals surface area contributed by atoms with Gasteiger partial charge in [0.2, 0.25) is 0 Å². The molecule has 0 spiro atoms. The fourth-order valence-corrected chi connectivity index (χ4v) is 3.86. The van der Waals surface area contributed by atoms with E-state index >= 15 is 0 Å². The highest BCUT2D eigenvalue weighted by molar-refractivity contribution is 6.31. The van der Waals surface area contributed by atoms with Gasteiger partial charge >= 0.3 is 0 Å². The van der Waals surface area contributed by atoms with Crippen LogP contribution in [0, 0.1) is 6.92 Å². The second kappa shape index (κ2) is 7.80. The Morgan fingerprint density at radius 2 is 1.86 bits per heavy atom. The molecule has 29 heavy (non-hydrogen) atoms. The Balaban J connectivity index is 1.80. The molecule has 0 amide bonds. The Morgan fingerprint density at radius 3 is 2.59 bits per heavy atom. The van der Waals surface area contributed by atoms with Gasteiger partial charge in [-0.15, -0.1) is 0 Å². The number of fused-ring (bicyclic) bond motifs is 1. The minimum Gasteiger partial charge on any atom is -0.508 e. The van der Waals surface area contributed by atoms with Crippen LogP contribution in [-0.2, 0) is 15.9 Å². The molecule has 2 aliphatic rings. The number of nitrogens with zero attached hydrogens (tertiary/aromatic N) is 1. The second-order valence-electron chi connectivity index (χ2n) is 7.14. The normalized spacial score (nSPS) is 15.5. The van der Waals surface area contributed by atoms with Gasteiger partial charge in [-0.05, 0) is 59.9 Å². The Kier molecular flexibility index (Phi) is 5.20. The zero-order valence-electron chi connectivity index (χ0n) is 16.6. The van der Waals surface area contributed by atoms with Crippen molar-refractivity contribution in [1.82, 2.24) is 0 Å². The van der Waals surface area contributed by atoms with E-state index in [9.17, 15) is 5.11 Å². The van der Waals surface area contributed by atoms with Crippen LogP contribution < -0.4 is 0 Å². The molecule has 1 N–H and O–H groups in total. The molecule has 0 radical (unpaired) electrons. The number of ether oxygens (including phenoxy) is 2. The van der Waals surface area contributed by atoms with Gasteiger partial charge in [-0.2, -0.15) is 0 Å². The summed E-state index contributed by atoms with van der Waals surface area (Å²) in [6.45, 7) is 1.89. The lowest BCUT2D eigenvalue weighted by Crippen LogP contribution is -2.03. The van der Waals surface area contributed by atoms with E-state index in [1.54, 1.807) is 20.3 Å². The van der Waals surface area contributed by atoms with E-state index in [4.69, 9.17) is 26.1 Å². The summed E-state index contributed by atoms with van der Waals surface area (Å²) in [5, 5.41) is 11.0. The molecule has 0 bridgehead atoms.